The summed E-state index contributed by atoms with van der Waals surface area (Å²) in [6.07, 6.45) is 12.0. The second-order valence-corrected chi connectivity index (χ2v) is 7.35. The molecule has 1 heterocycles. The molecule has 0 spiro atoms. The largest absolute Gasteiger partial charge is 0.309 e. The molecule has 0 amide bonds. The molecule has 1 fully saturated rings. The van der Waals surface area contributed by atoms with Gasteiger partial charge in [0.25, 0.3) is 0 Å². The van der Waals surface area contributed by atoms with Crippen LogP contribution < -0.4 is 5.32 Å². The Labute approximate surface area is 130 Å². The normalized spacial score (nSPS) is 19.1. The second-order valence-electron chi connectivity index (χ2n) is 7.35. The second kappa shape index (κ2) is 7.40. The van der Waals surface area contributed by atoms with Crippen LogP contribution >= 0.6 is 0 Å². The highest BCUT2D eigenvalue weighted by molar-refractivity contribution is 5.23. The van der Waals surface area contributed by atoms with E-state index in [-0.39, 0.29) is 0 Å². The van der Waals surface area contributed by atoms with E-state index >= 15 is 0 Å². The lowest BCUT2D eigenvalue weighted by Crippen LogP contribution is -2.38. The van der Waals surface area contributed by atoms with Crippen LogP contribution in [-0.4, -0.2) is 11.5 Å². The lowest BCUT2D eigenvalue weighted by Gasteiger charge is -2.40. The van der Waals surface area contributed by atoms with Crippen LogP contribution in [0.5, 0.6) is 0 Å². The van der Waals surface area contributed by atoms with E-state index in [9.17, 15) is 0 Å². The van der Waals surface area contributed by atoms with E-state index in [0.717, 1.165) is 12.5 Å². The first kappa shape index (κ1) is 16.5. The topological polar surface area (TPSA) is 24.9 Å². The van der Waals surface area contributed by atoms with E-state index in [1.807, 2.05) is 6.20 Å². The Bertz CT molecular complexity index is 433. The molecule has 0 aromatic carbocycles. The van der Waals surface area contributed by atoms with Crippen LogP contribution in [0.2, 0.25) is 0 Å². The molecular formula is C19H32N2. The maximum Gasteiger partial charge on any atom is 0.0392 e. The predicted octanol–water partition coefficient (Wildman–Crippen LogP) is 5.04. The minimum Gasteiger partial charge on any atom is -0.309 e. The Morgan fingerprint density at radius 2 is 1.95 bits per heavy atom. The molecule has 0 aliphatic heterocycles. The summed E-state index contributed by atoms with van der Waals surface area (Å²) in [5, 5.41) is 3.86. The van der Waals surface area contributed by atoms with Crippen molar-refractivity contribution in [2.45, 2.75) is 72.3 Å². The van der Waals surface area contributed by atoms with Crippen molar-refractivity contribution in [2.24, 2.45) is 11.3 Å². The lowest BCUT2D eigenvalue weighted by atomic mass is 9.70. The number of pyridine rings is 1. The zero-order chi connectivity index (χ0) is 15.3. The Kier molecular flexibility index (Phi) is 5.80. The molecule has 1 aliphatic rings. The molecule has 1 aromatic rings. The molecular weight excluding hydrogens is 256 g/mol. The predicted molar refractivity (Wildman–Crippen MR) is 90.4 cm³/mol. The van der Waals surface area contributed by atoms with Crippen molar-refractivity contribution in [1.29, 1.82) is 0 Å². The third-order valence-corrected chi connectivity index (χ3v) is 4.85. The number of hydrogen-bond acceptors (Lipinski definition) is 2. The SMILES string of the molecule is CCCNC(c1cncc(C)c1)C1(CC(C)C)CCCC1. The van der Waals surface area contributed by atoms with Gasteiger partial charge >= 0.3 is 0 Å². The van der Waals surface area contributed by atoms with Crippen molar-refractivity contribution in [2.75, 3.05) is 6.54 Å². The van der Waals surface area contributed by atoms with Gasteiger partial charge in [0.05, 0.1) is 0 Å². The van der Waals surface area contributed by atoms with Gasteiger partial charge in [0.1, 0.15) is 0 Å². The van der Waals surface area contributed by atoms with Crippen LogP contribution in [-0.2, 0) is 0 Å². The fraction of sp³-hybridized carbons (Fsp3) is 0.737. The molecule has 0 radical (unpaired) electrons. The molecule has 0 bridgehead atoms. The van der Waals surface area contributed by atoms with Gasteiger partial charge in [-0.25, -0.2) is 0 Å². The number of hydrogen-bond donors (Lipinski definition) is 1. The number of aromatic nitrogens is 1. The third-order valence-electron chi connectivity index (χ3n) is 4.85. The van der Waals surface area contributed by atoms with Crippen molar-refractivity contribution in [3.05, 3.63) is 29.6 Å². The van der Waals surface area contributed by atoms with Gasteiger partial charge in [-0.05, 0) is 61.6 Å². The zero-order valence-electron chi connectivity index (χ0n) is 14.3. The molecule has 1 atom stereocenters. The highest BCUT2D eigenvalue weighted by Gasteiger charge is 2.42. The molecule has 0 saturated heterocycles. The van der Waals surface area contributed by atoms with Crippen molar-refractivity contribution in [3.63, 3.8) is 0 Å². The minimum absolute atomic E-state index is 0.429. The van der Waals surface area contributed by atoms with E-state index in [1.165, 1.54) is 49.7 Å². The summed E-state index contributed by atoms with van der Waals surface area (Å²) in [7, 11) is 0. The first-order valence-electron chi connectivity index (χ1n) is 8.72. The molecule has 2 heteroatoms. The summed E-state index contributed by atoms with van der Waals surface area (Å²) in [4.78, 5) is 4.45. The summed E-state index contributed by atoms with van der Waals surface area (Å²) >= 11 is 0. The molecule has 2 nitrogen and oxygen atoms in total. The van der Waals surface area contributed by atoms with E-state index < -0.39 is 0 Å². The van der Waals surface area contributed by atoms with E-state index in [4.69, 9.17) is 0 Å². The summed E-state index contributed by atoms with van der Waals surface area (Å²) in [6, 6.07) is 2.80. The molecule has 21 heavy (non-hydrogen) atoms. The molecule has 1 aromatic heterocycles. The highest BCUT2D eigenvalue weighted by Crippen LogP contribution is 2.51. The average Bonchev–Trinajstić information content (AvgIpc) is 2.87. The van der Waals surface area contributed by atoms with Crippen LogP contribution in [0, 0.1) is 18.3 Å². The zero-order valence-corrected chi connectivity index (χ0v) is 14.3. The number of aryl methyl sites for hydroxylation is 1. The third kappa shape index (κ3) is 4.06. The van der Waals surface area contributed by atoms with Crippen molar-refractivity contribution < 1.29 is 0 Å². The fourth-order valence-corrected chi connectivity index (χ4v) is 4.22. The number of rotatable bonds is 7. The Morgan fingerprint density at radius 1 is 1.24 bits per heavy atom. The van der Waals surface area contributed by atoms with Gasteiger partial charge in [-0.3, -0.25) is 4.98 Å². The monoisotopic (exact) mass is 288 g/mol. The maximum atomic E-state index is 4.45. The Balaban J connectivity index is 2.32. The summed E-state index contributed by atoms with van der Waals surface area (Å²) in [5.74, 6) is 0.756. The van der Waals surface area contributed by atoms with Crippen LogP contribution in [0.3, 0.4) is 0 Å². The van der Waals surface area contributed by atoms with Crippen molar-refractivity contribution in [3.8, 4) is 0 Å². The molecule has 1 N–H and O–H groups in total. The average molecular weight is 288 g/mol. The van der Waals surface area contributed by atoms with Gasteiger partial charge in [0.15, 0.2) is 0 Å². The van der Waals surface area contributed by atoms with Gasteiger partial charge in [0.2, 0.25) is 0 Å². The number of nitrogens with zero attached hydrogens (tertiary/aromatic N) is 1. The van der Waals surface area contributed by atoms with Gasteiger partial charge in [0, 0.05) is 18.4 Å². The standard InChI is InChI=1S/C19H32N2/c1-5-10-21-18(17-11-16(4)13-20-14-17)19(12-15(2)3)8-6-7-9-19/h11,13-15,18,21H,5-10,12H2,1-4H3. The van der Waals surface area contributed by atoms with Crippen LogP contribution in [0.1, 0.15) is 76.5 Å². The minimum atomic E-state index is 0.429. The maximum absolute atomic E-state index is 4.45. The van der Waals surface area contributed by atoms with Gasteiger partial charge in [-0.15, -0.1) is 0 Å². The summed E-state index contributed by atoms with van der Waals surface area (Å²) < 4.78 is 0. The molecule has 2 rings (SSSR count). The Morgan fingerprint density at radius 3 is 2.52 bits per heavy atom. The van der Waals surface area contributed by atoms with Crippen LogP contribution in [0.15, 0.2) is 18.5 Å². The van der Waals surface area contributed by atoms with Gasteiger partial charge in [-0.2, -0.15) is 0 Å². The summed E-state index contributed by atoms with van der Waals surface area (Å²) in [6.45, 7) is 10.2. The molecule has 118 valence electrons. The van der Waals surface area contributed by atoms with Crippen molar-refractivity contribution in [1.82, 2.24) is 10.3 Å². The van der Waals surface area contributed by atoms with Gasteiger partial charge < -0.3 is 5.32 Å². The first-order chi connectivity index (χ1) is 10.1. The first-order valence-corrected chi connectivity index (χ1v) is 8.72. The summed E-state index contributed by atoms with van der Waals surface area (Å²) in [5.41, 5.74) is 3.10. The van der Waals surface area contributed by atoms with Crippen molar-refractivity contribution >= 4 is 0 Å². The smallest absolute Gasteiger partial charge is 0.0392 e. The quantitative estimate of drug-likeness (QED) is 0.760. The molecule has 1 saturated carbocycles. The lowest BCUT2D eigenvalue weighted by molar-refractivity contribution is 0.155. The number of nitrogens with one attached hydrogen (secondary N) is 1. The Hall–Kier alpha value is -0.890. The van der Waals surface area contributed by atoms with Crippen LogP contribution in [0.25, 0.3) is 0 Å². The van der Waals surface area contributed by atoms with E-state index in [1.54, 1.807) is 0 Å². The van der Waals surface area contributed by atoms with E-state index in [2.05, 4.69) is 50.3 Å². The van der Waals surface area contributed by atoms with E-state index in [0.29, 0.717) is 11.5 Å². The fourth-order valence-electron chi connectivity index (χ4n) is 4.22. The molecule has 1 aliphatic carbocycles. The highest BCUT2D eigenvalue weighted by atomic mass is 14.9. The van der Waals surface area contributed by atoms with Crippen LogP contribution in [0.4, 0.5) is 0 Å². The van der Waals surface area contributed by atoms with Gasteiger partial charge in [-0.1, -0.05) is 39.7 Å². The molecule has 1 unspecified atom stereocenters.